The predicted molar refractivity (Wildman–Crippen MR) is 127 cm³/mol. The van der Waals surface area contributed by atoms with Crippen LogP contribution in [-0.2, 0) is 20.2 Å². The lowest BCUT2D eigenvalue weighted by Gasteiger charge is -2.16. The summed E-state index contributed by atoms with van der Waals surface area (Å²) in [6.07, 6.45) is 0.970. The number of rotatable bonds is 12. The molecule has 0 saturated heterocycles. The van der Waals surface area contributed by atoms with E-state index in [1.165, 1.54) is 6.07 Å². The van der Waals surface area contributed by atoms with Crippen molar-refractivity contribution in [3.8, 4) is 11.5 Å². The van der Waals surface area contributed by atoms with E-state index in [4.69, 9.17) is 21.1 Å². The van der Waals surface area contributed by atoms with Gasteiger partial charge in [-0.05, 0) is 60.1 Å². The van der Waals surface area contributed by atoms with Gasteiger partial charge in [0.25, 0.3) is 0 Å². The van der Waals surface area contributed by atoms with Crippen molar-refractivity contribution in [3.05, 3.63) is 56.8 Å². The number of nitrogens with one attached hydrogen (secondary N) is 1. The second-order valence-electron chi connectivity index (χ2n) is 6.78. The molecule has 0 aliphatic carbocycles. The first-order chi connectivity index (χ1) is 15.5. The fourth-order valence-electron chi connectivity index (χ4n) is 2.84. The second-order valence-corrected chi connectivity index (χ2v) is 9.10. The van der Waals surface area contributed by atoms with Gasteiger partial charge in [-0.1, -0.05) is 45.4 Å². The van der Waals surface area contributed by atoms with E-state index in [0.717, 1.165) is 33.9 Å². The zero-order valence-corrected chi connectivity index (χ0v) is 20.9. The fraction of sp³-hybridized carbons (Fsp3) is 0.381. The average Bonchev–Trinajstić information content (AvgIpc) is 3.17. The molecule has 0 atom stereocenters. The quantitative estimate of drug-likeness (QED) is 0.254. The molecule has 0 bridgehead atoms. The summed E-state index contributed by atoms with van der Waals surface area (Å²) < 4.78 is 28.2. The molecular formula is C21H24BrClFN5O2S. The molecule has 0 amide bonds. The number of aryl methyl sites for hydroxylation is 1. The van der Waals surface area contributed by atoms with Crippen molar-refractivity contribution >= 4 is 39.3 Å². The van der Waals surface area contributed by atoms with Gasteiger partial charge in [0, 0.05) is 29.4 Å². The molecule has 1 N–H and O–H groups in total. The van der Waals surface area contributed by atoms with E-state index in [2.05, 4.69) is 36.8 Å². The van der Waals surface area contributed by atoms with E-state index < -0.39 is 5.82 Å². The summed E-state index contributed by atoms with van der Waals surface area (Å²) in [6.45, 7) is 3.91. The van der Waals surface area contributed by atoms with Gasteiger partial charge >= 0.3 is 0 Å². The second kappa shape index (κ2) is 12.4. The molecule has 0 fully saturated rings. The Morgan fingerprint density at radius 3 is 2.78 bits per heavy atom. The molecular weight excluding hydrogens is 521 g/mol. The van der Waals surface area contributed by atoms with Crippen molar-refractivity contribution in [3.63, 3.8) is 0 Å². The van der Waals surface area contributed by atoms with Gasteiger partial charge in [0.15, 0.2) is 11.5 Å². The summed E-state index contributed by atoms with van der Waals surface area (Å²) in [7, 11) is 1.83. The van der Waals surface area contributed by atoms with Crippen LogP contribution < -0.4 is 14.8 Å². The van der Waals surface area contributed by atoms with Crippen molar-refractivity contribution in [1.29, 1.82) is 0 Å². The van der Waals surface area contributed by atoms with Crippen LogP contribution in [0.3, 0.4) is 0 Å². The Bertz CT molecular complexity index is 1020. The number of tetrazole rings is 1. The maximum Gasteiger partial charge on any atom is 0.209 e. The molecule has 1 heterocycles. The number of aromatic nitrogens is 4. The number of thioether (sulfide) groups is 1. The van der Waals surface area contributed by atoms with Crippen LogP contribution in [0, 0.1) is 5.82 Å². The third-order valence-electron chi connectivity index (χ3n) is 4.47. The van der Waals surface area contributed by atoms with Crippen LogP contribution in [0.4, 0.5) is 4.39 Å². The summed E-state index contributed by atoms with van der Waals surface area (Å²) in [6, 6.07) is 8.34. The SMILES string of the molecule is CCOc1cc(CNCCCSc2nnnn2C)c(Br)cc1OCc1c(F)cccc1Cl. The topological polar surface area (TPSA) is 74.1 Å². The minimum Gasteiger partial charge on any atom is -0.490 e. The van der Waals surface area contributed by atoms with Gasteiger partial charge in [-0.15, -0.1) is 5.10 Å². The van der Waals surface area contributed by atoms with Gasteiger partial charge in [0.05, 0.1) is 11.6 Å². The normalized spacial score (nSPS) is 11.0. The fourth-order valence-corrected chi connectivity index (χ4v) is 4.31. The monoisotopic (exact) mass is 543 g/mol. The van der Waals surface area contributed by atoms with Crippen LogP contribution in [0.5, 0.6) is 11.5 Å². The maximum absolute atomic E-state index is 14.0. The molecule has 32 heavy (non-hydrogen) atoms. The molecule has 0 radical (unpaired) electrons. The Morgan fingerprint density at radius 2 is 2.06 bits per heavy atom. The highest BCUT2D eigenvalue weighted by molar-refractivity contribution is 9.10. The molecule has 0 unspecified atom stereocenters. The Morgan fingerprint density at radius 1 is 1.25 bits per heavy atom. The van der Waals surface area contributed by atoms with E-state index in [-0.39, 0.29) is 6.61 Å². The molecule has 7 nitrogen and oxygen atoms in total. The number of hydrogen-bond donors (Lipinski definition) is 1. The first-order valence-electron chi connectivity index (χ1n) is 10.1. The number of hydrogen-bond acceptors (Lipinski definition) is 7. The summed E-state index contributed by atoms with van der Waals surface area (Å²) in [5, 5.41) is 16.0. The van der Waals surface area contributed by atoms with E-state index >= 15 is 0 Å². The standard InChI is InChI=1S/C21H24BrClFN5O2S/c1-3-30-19-10-14(12-25-8-5-9-32-21-26-27-28-29(21)2)16(22)11-20(19)31-13-15-17(23)6-4-7-18(15)24/h4,6-7,10-11,25H,3,5,8-9,12-13H2,1-2H3. The zero-order chi connectivity index (χ0) is 22.9. The lowest BCUT2D eigenvalue weighted by molar-refractivity contribution is 0.265. The van der Waals surface area contributed by atoms with Gasteiger partial charge in [-0.25, -0.2) is 9.07 Å². The lowest BCUT2D eigenvalue weighted by atomic mass is 10.2. The Kier molecular flexibility index (Phi) is 9.58. The largest absolute Gasteiger partial charge is 0.490 e. The Labute approximate surface area is 204 Å². The summed E-state index contributed by atoms with van der Waals surface area (Å²) in [5.74, 6) is 1.64. The third-order valence-corrected chi connectivity index (χ3v) is 6.66. The highest BCUT2D eigenvalue weighted by Crippen LogP contribution is 2.35. The molecule has 172 valence electrons. The molecule has 11 heteroatoms. The minimum atomic E-state index is -0.399. The minimum absolute atomic E-state index is 0.00826. The summed E-state index contributed by atoms with van der Waals surface area (Å²) in [5.41, 5.74) is 1.35. The number of nitrogens with zero attached hydrogens (tertiary/aromatic N) is 4. The predicted octanol–water partition coefficient (Wildman–Crippen LogP) is 5.01. The maximum atomic E-state index is 14.0. The van der Waals surface area contributed by atoms with Gasteiger partial charge < -0.3 is 14.8 Å². The van der Waals surface area contributed by atoms with Crippen molar-refractivity contribution < 1.29 is 13.9 Å². The number of halogens is 3. The lowest BCUT2D eigenvalue weighted by Crippen LogP contribution is -2.16. The van der Waals surface area contributed by atoms with Crippen LogP contribution in [0.15, 0.2) is 40.0 Å². The molecule has 0 saturated carbocycles. The van der Waals surface area contributed by atoms with Gasteiger partial charge in [-0.2, -0.15) is 0 Å². The van der Waals surface area contributed by atoms with Gasteiger partial charge in [-0.3, -0.25) is 0 Å². The van der Waals surface area contributed by atoms with Crippen molar-refractivity contribution in [2.45, 2.75) is 31.7 Å². The van der Waals surface area contributed by atoms with Crippen LogP contribution in [-0.4, -0.2) is 39.1 Å². The van der Waals surface area contributed by atoms with E-state index in [9.17, 15) is 4.39 Å². The first kappa shape index (κ1) is 24.8. The molecule has 2 aromatic carbocycles. The van der Waals surface area contributed by atoms with Crippen molar-refractivity contribution in [2.75, 3.05) is 18.9 Å². The van der Waals surface area contributed by atoms with Crippen LogP contribution in [0.1, 0.15) is 24.5 Å². The van der Waals surface area contributed by atoms with Crippen molar-refractivity contribution in [2.24, 2.45) is 7.05 Å². The highest BCUT2D eigenvalue weighted by atomic mass is 79.9. The Hall–Kier alpha value is -1.88. The molecule has 0 spiro atoms. The number of benzene rings is 2. The van der Waals surface area contributed by atoms with Crippen LogP contribution in [0.2, 0.25) is 5.02 Å². The zero-order valence-electron chi connectivity index (χ0n) is 17.8. The third kappa shape index (κ3) is 6.81. The molecule has 0 aliphatic heterocycles. The molecule has 0 aliphatic rings. The van der Waals surface area contributed by atoms with E-state index in [1.54, 1.807) is 28.6 Å². The van der Waals surface area contributed by atoms with E-state index in [0.29, 0.717) is 35.2 Å². The van der Waals surface area contributed by atoms with Gasteiger partial charge in [0.2, 0.25) is 5.16 Å². The Balaban J connectivity index is 1.55. The summed E-state index contributed by atoms with van der Waals surface area (Å²) in [4.78, 5) is 0. The van der Waals surface area contributed by atoms with Gasteiger partial charge in [0.1, 0.15) is 12.4 Å². The molecule has 3 rings (SSSR count). The molecule has 3 aromatic rings. The number of ether oxygens (including phenoxy) is 2. The average molecular weight is 545 g/mol. The summed E-state index contributed by atoms with van der Waals surface area (Å²) >= 11 is 11.3. The first-order valence-corrected chi connectivity index (χ1v) is 12.2. The van der Waals surface area contributed by atoms with Crippen LogP contribution in [0.25, 0.3) is 0 Å². The smallest absolute Gasteiger partial charge is 0.209 e. The van der Waals surface area contributed by atoms with Crippen molar-refractivity contribution in [1.82, 2.24) is 25.5 Å². The highest BCUT2D eigenvalue weighted by Gasteiger charge is 2.14. The molecule has 1 aromatic heterocycles. The van der Waals surface area contributed by atoms with E-state index in [1.807, 2.05) is 26.1 Å². The van der Waals surface area contributed by atoms with Crippen LogP contribution >= 0.6 is 39.3 Å².